The van der Waals surface area contributed by atoms with Gasteiger partial charge in [-0.05, 0) is 56.0 Å². The van der Waals surface area contributed by atoms with Gasteiger partial charge in [0.05, 0.1) is 13.7 Å². The molecule has 9 nitrogen and oxygen atoms in total. The fourth-order valence-electron chi connectivity index (χ4n) is 3.43. The van der Waals surface area contributed by atoms with Crippen molar-refractivity contribution in [2.45, 2.75) is 47.4 Å². The van der Waals surface area contributed by atoms with Gasteiger partial charge in [-0.15, -0.1) is 11.3 Å². The van der Waals surface area contributed by atoms with Crippen LogP contribution in [-0.4, -0.2) is 53.3 Å². The summed E-state index contributed by atoms with van der Waals surface area (Å²) in [5, 5.41) is 2.73. The van der Waals surface area contributed by atoms with E-state index in [2.05, 4.69) is 10.0 Å². The number of nitrogens with zero attached hydrogens (tertiary/aromatic N) is 1. The molecule has 2 heterocycles. The SMILES string of the molecule is COc1ccc(C(=O)NCc2ccc(S(=O)(=O)N3CCCC3)s2)cc1S(=O)(=O)NC1CC1. The molecule has 2 aliphatic rings. The Kier molecular flexibility index (Phi) is 6.59. The molecule has 1 aliphatic heterocycles. The molecule has 4 rings (SSSR count). The van der Waals surface area contributed by atoms with Gasteiger partial charge in [-0.3, -0.25) is 4.79 Å². The first-order chi connectivity index (χ1) is 15.2. The Morgan fingerprint density at radius 2 is 1.84 bits per heavy atom. The summed E-state index contributed by atoms with van der Waals surface area (Å²) in [6, 6.07) is 7.38. The molecule has 12 heteroatoms. The van der Waals surface area contributed by atoms with Crippen molar-refractivity contribution >= 4 is 37.3 Å². The third-order valence-corrected chi connectivity index (χ3v) is 10.3. The summed E-state index contributed by atoms with van der Waals surface area (Å²) in [4.78, 5) is 13.3. The van der Waals surface area contributed by atoms with Crippen molar-refractivity contribution in [3.8, 4) is 5.75 Å². The lowest BCUT2D eigenvalue weighted by molar-refractivity contribution is 0.0951. The number of thiophene rings is 1. The molecule has 1 aromatic carbocycles. The van der Waals surface area contributed by atoms with E-state index in [-0.39, 0.29) is 33.0 Å². The minimum absolute atomic E-state index is 0.0768. The molecule has 2 N–H and O–H groups in total. The van der Waals surface area contributed by atoms with Crippen LogP contribution in [0.5, 0.6) is 5.75 Å². The predicted octanol–water partition coefficient (Wildman–Crippen LogP) is 1.91. The number of methoxy groups -OCH3 is 1. The van der Waals surface area contributed by atoms with Crippen molar-refractivity contribution in [1.82, 2.24) is 14.3 Å². The van der Waals surface area contributed by atoms with Gasteiger partial charge in [-0.1, -0.05) is 0 Å². The number of amides is 1. The molecule has 32 heavy (non-hydrogen) atoms. The van der Waals surface area contributed by atoms with Gasteiger partial charge in [0.25, 0.3) is 15.9 Å². The highest BCUT2D eigenvalue weighted by Crippen LogP contribution is 2.29. The van der Waals surface area contributed by atoms with Crippen molar-refractivity contribution in [3.05, 3.63) is 40.8 Å². The van der Waals surface area contributed by atoms with Gasteiger partial charge < -0.3 is 10.1 Å². The van der Waals surface area contributed by atoms with Crippen molar-refractivity contribution in [2.75, 3.05) is 20.2 Å². The first-order valence-electron chi connectivity index (χ1n) is 10.3. The fraction of sp³-hybridized carbons (Fsp3) is 0.450. The number of ether oxygens (including phenoxy) is 1. The predicted molar refractivity (Wildman–Crippen MR) is 120 cm³/mol. The summed E-state index contributed by atoms with van der Waals surface area (Å²) in [5.74, 6) is -0.308. The summed E-state index contributed by atoms with van der Waals surface area (Å²) in [7, 11) is -5.93. The quantitative estimate of drug-likeness (QED) is 0.544. The fourth-order valence-corrected chi connectivity index (χ4v) is 7.90. The van der Waals surface area contributed by atoms with Crippen molar-refractivity contribution < 1.29 is 26.4 Å². The Morgan fingerprint density at radius 3 is 2.50 bits per heavy atom. The smallest absolute Gasteiger partial charge is 0.252 e. The molecule has 1 aliphatic carbocycles. The molecule has 0 bridgehead atoms. The van der Waals surface area contributed by atoms with Gasteiger partial charge >= 0.3 is 0 Å². The van der Waals surface area contributed by atoms with Crippen LogP contribution in [-0.2, 0) is 26.6 Å². The van der Waals surface area contributed by atoms with E-state index >= 15 is 0 Å². The van der Waals surface area contributed by atoms with Gasteiger partial charge in [-0.25, -0.2) is 21.6 Å². The van der Waals surface area contributed by atoms with Crippen LogP contribution in [0.1, 0.15) is 40.9 Å². The van der Waals surface area contributed by atoms with Gasteiger partial charge in [-0.2, -0.15) is 4.31 Å². The lowest BCUT2D eigenvalue weighted by Crippen LogP contribution is -2.27. The maximum absolute atomic E-state index is 12.7. The summed E-state index contributed by atoms with van der Waals surface area (Å²) in [5.41, 5.74) is 0.170. The normalized spacial score (nSPS) is 17.4. The molecule has 1 saturated heterocycles. The van der Waals surface area contributed by atoms with E-state index in [0.29, 0.717) is 18.0 Å². The third-order valence-electron chi connectivity index (χ3n) is 5.33. The molecule has 0 radical (unpaired) electrons. The lowest BCUT2D eigenvalue weighted by atomic mass is 10.2. The molecular formula is C20H25N3O6S3. The number of rotatable bonds is 9. The van der Waals surface area contributed by atoms with E-state index in [0.717, 1.165) is 37.0 Å². The standard InChI is InChI=1S/C20H25N3O6S3/c1-29-17-8-4-14(12-18(17)31(25,26)22-15-5-6-15)20(24)21-13-16-7-9-19(30-16)32(27,28)23-10-2-3-11-23/h4,7-9,12,15,22H,2-3,5-6,10-11,13H2,1H3,(H,21,24). The van der Waals surface area contributed by atoms with Gasteiger partial charge in [0.15, 0.2) is 0 Å². The van der Waals surface area contributed by atoms with Gasteiger partial charge in [0.1, 0.15) is 14.9 Å². The highest BCUT2D eigenvalue weighted by Gasteiger charge is 2.31. The Bertz CT molecular complexity index is 1210. The van der Waals surface area contributed by atoms with E-state index in [1.54, 1.807) is 12.1 Å². The molecule has 0 atom stereocenters. The second kappa shape index (κ2) is 9.10. The van der Waals surface area contributed by atoms with Crippen LogP contribution < -0.4 is 14.8 Å². The number of carbonyl (C=O) groups excluding carboxylic acids is 1. The topological polar surface area (TPSA) is 122 Å². The average molecular weight is 500 g/mol. The van der Waals surface area contributed by atoms with Gasteiger partial charge in [0.2, 0.25) is 10.0 Å². The molecule has 0 unspecified atom stereocenters. The van der Waals surface area contributed by atoms with Crippen molar-refractivity contribution in [2.24, 2.45) is 0 Å². The van der Waals surface area contributed by atoms with Gasteiger partial charge in [0, 0.05) is 29.6 Å². The zero-order valence-electron chi connectivity index (χ0n) is 17.5. The summed E-state index contributed by atoms with van der Waals surface area (Å²) < 4.78 is 60.1. The third kappa shape index (κ3) is 4.99. The molecule has 1 amide bonds. The Morgan fingerprint density at radius 1 is 1.12 bits per heavy atom. The molecule has 1 aromatic heterocycles. The van der Waals surface area contributed by atoms with E-state index in [4.69, 9.17) is 4.74 Å². The second-order valence-electron chi connectivity index (χ2n) is 7.78. The van der Waals surface area contributed by atoms with E-state index < -0.39 is 26.0 Å². The zero-order chi connectivity index (χ0) is 22.9. The first-order valence-corrected chi connectivity index (χ1v) is 14.0. The second-order valence-corrected chi connectivity index (χ2v) is 12.8. The number of nitrogens with one attached hydrogen (secondary N) is 2. The Labute approximate surface area is 191 Å². The van der Waals surface area contributed by atoms with Crippen LogP contribution in [0.15, 0.2) is 39.4 Å². The highest BCUT2D eigenvalue weighted by molar-refractivity contribution is 7.91. The van der Waals surface area contributed by atoms with Crippen LogP contribution >= 0.6 is 11.3 Å². The number of hydrogen-bond acceptors (Lipinski definition) is 7. The maximum atomic E-state index is 12.7. The van der Waals surface area contributed by atoms with Crippen LogP contribution in [0.4, 0.5) is 0 Å². The first kappa shape index (κ1) is 23.2. The highest BCUT2D eigenvalue weighted by atomic mass is 32.2. The molecule has 0 spiro atoms. The summed E-state index contributed by atoms with van der Waals surface area (Å²) >= 11 is 1.12. The Balaban J connectivity index is 1.45. The summed E-state index contributed by atoms with van der Waals surface area (Å²) in [6.45, 7) is 1.20. The monoisotopic (exact) mass is 499 g/mol. The summed E-state index contributed by atoms with van der Waals surface area (Å²) in [6.07, 6.45) is 3.31. The van der Waals surface area contributed by atoms with Crippen molar-refractivity contribution in [3.63, 3.8) is 0 Å². The lowest BCUT2D eigenvalue weighted by Gasteiger charge is -2.13. The molecular weight excluding hydrogens is 474 g/mol. The minimum Gasteiger partial charge on any atom is -0.495 e. The van der Waals surface area contributed by atoms with Crippen molar-refractivity contribution in [1.29, 1.82) is 0 Å². The largest absolute Gasteiger partial charge is 0.495 e. The number of hydrogen-bond donors (Lipinski definition) is 2. The zero-order valence-corrected chi connectivity index (χ0v) is 20.0. The molecule has 174 valence electrons. The minimum atomic E-state index is -3.81. The van der Waals surface area contributed by atoms with Crippen LogP contribution in [0.25, 0.3) is 0 Å². The van der Waals surface area contributed by atoms with E-state index in [1.807, 2.05) is 0 Å². The number of carbonyl (C=O) groups is 1. The van der Waals surface area contributed by atoms with E-state index in [9.17, 15) is 21.6 Å². The number of sulfonamides is 2. The number of benzene rings is 1. The maximum Gasteiger partial charge on any atom is 0.252 e. The molecule has 2 aromatic rings. The molecule has 2 fully saturated rings. The van der Waals surface area contributed by atoms with E-state index in [1.165, 1.54) is 29.6 Å². The van der Waals surface area contributed by atoms with Crippen LogP contribution in [0.2, 0.25) is 0 Å². The van der Waals surface area contributed by atoms with Crippen LogP contribution in [0, 0.1) is 0 Å². The molecule has 1 saturated carbocycles. The Hall–Kier alpha value is -1.99. The average Bonchev–Trinajstić information content (AvgIpc) is 3.23. The van der Waals surface area contributed by atoms with Crippen LogP contribution in [0.3, 0.4) is 0 Å².